The molecule has 1 fully saturated rings. The van der Waals surface area contributed by atoms with Crippen LogP contribution in [0.1, 0.15) is 29.0 Å². The summed E-state index contributed by atoms with van der Waals surface area (Å²) in [6, 6.07) is 8.35. The predicted molar refractivity (Wildman–Crippen MR) is 89.2 cm³/mol. The lowest BCUT2D eigenvalue weighted by Crippen LogP contribution is -2.43. The van der Waals surface area contributed by atoms with Gasteiger partial charge in [0.1, 0.15) is 12.6 Å². The molecular weight excluding hydrogens is 324 g/mol. The van der Waals surface area contributed by atoms with E-state index >= 15 is 0 Å². The van der Waals surface area contributed by atoms with Gasteiger partial charge >= 0.3 is 0 Å². The van der Waals surface area contributed by atoms with E-state index in [1.165, 1.54) is 4.90 Å². The lowest BCUT2D eigenvalue weighted by atomic mass is 10.2. The number of primary amides is 1. The molecule has 1 saturated heterocycles. The highest BCUT2D eigenvalue weighted by atomic mass is 16.5. The van der Waals surface area contributed by atoms with Crippen LogP contribution in [0.4, 0.5) is 0 Å². The summed E-state index contributed by atoms with van der Waals surface area (Å²) in [5, 5.41) is 6.81. The van der Waals surface area contributed by atoms with Crippen LogP contribution in [0.5, 0.6) is 11.5 Å². The number of methoxy groups -OCH3 is 1. The number of hydrogen-bond acceptors (Lipinski definition) is 5. The monoisotopic (exact) mass is 344 g/mol. The average Bonchev–Trinajstić information content (AvgIpc) is 3.29. The molecular formula is C17H20N4O4. The second-order valence-electron chi connectivity index (χ2n) is 5.78. The van der Waals surface area contributed by atoms with Gasteiger partial charge in [-0.25, -0.2) is 0 Å². The minimum Gasteiger partial charge on any atom is -0.493 e. The van der Waals surface area contributed by atoms with E-state index in [2.05, 4.69) is 10.2 Å². The van der Waals surface area contributed by atoms with E-state index in [9.17, 15) is 9.59 Å². The van der Waals surface area contributed by atoms with E-state index in [1.807, 2.05) is 12.1 Å². The van der Waals surface area contributed by atoms with Crippen LogP contribution < -0.4 is 15.2 Å². The highest BCUT2D eigenvalue weighted by molar-refractivity contribution is 5.96. The number of nitrogens with zero attached hydrogens (tertiary/aromatic N) is 2. The molecule has 1 aliphatic rings. The summed E-state index contributed by atoms with van der Waals surface area (Å²) in [5.74, 6) is 0.433. The van der Waals surface area contributed by atoms with Crippen molar-refractivity contribution in [1.29, 1.82) is 0 Å². The van der Waals surface area contributed by atoms with Crippen molar-refractivity contribution in [2.45, 2.75) is 25.5 Å². The highest BCUT2D eigenvalue weighted by Gasteiger charge is 2.34. The van der Waals surface area contributed by atoms with Crippen LogP contribution in [0.25, 0.3) is 0 Å². The van der Waals surface area contributed by atoms with Gasteiger partial charge in [-0.2, -0.15) is 5.10 Å². The Kier molecular flexibility index (Phi) is 4.87. The second-order valence-corrected chi connectivity index (χ2v) is 5.78. The first-order valence-electron chi connectivity index (χ1n) is 8.00. The molecule has 0 radical (unpaired) electrons. The van der Waals surface area contributed by atoms with E-state index in [0.717, 1.165) is 6.42 Å². The van der Waals surface area contributed by atoms with Crippen molar-refractivity contribution in [3.05, 3.63) is 41.7 Å². The Bertz CT molecular complexity index is 774. The third-order valence-electron chi connectivity index (χ3n) is 4.14. The fourth-order valence-corrected chi connectivity index (χ4v) is 2.89. The Hall–Kier alpha value is -3.03. The third kappa shape index (κ3) is 3.57. The lowest BCUT2D eigenvalue weighted by molar-refractivity contribution is -0.121. The largest absolute Gasteiger partial charge is 0.493 e. The van der Waals surface area contributed by atoms with Gasteiger partial charge in [-0.15, -0.1) is 0 Å². The number of benzene rings is 1. The molecule has 0 aliphatic carbocycles. The molecule has 3 N–H and O–H groups in total. The van der Waals surface area contributed by atoms with E-state index in [4.69, 9.17) is 15.2 Å². The maximum absolute atomic E-state index is 12.5. The molecule has 2 amide bonds. The molecule has 1 aromatic carbocycles. The number of amides is 2. The van der Waals surface area contributed by atoms with Gasteiger partial charge in [-0.1, -0.05) is 12.1 Å². The number of carbonyl (C=O) groups is 2. The van der Waals surface area contributed by atoms with Crippen molar-refractivity contribution in [2.75, 3.05) is 13.7 Å². The summed E-state index contributed by atoms with van der Waals surface area (Å²) in [7, 11) is 1.57. The fourth-order valence-electron chi connectivity index (χ4n) is 2.89. The van der Waals surface area contributed by atoms with Crippen LogP contribution in [0.3, 0.4) is 0 Å². The number of para-hydroxylation sites is 2. The molecule has 1 aromatic heterocycles. The first-order chi connectivity index (χ1) is 12.1. The van der Waals surface area contributed by atoms with Crippen molar-refractivity contribution >= 4 is 11.8 Å². The third-order valence-corrected chi connectivity index (χ3v) is 4.14. The number of likely N-dealkylation sites (tertiary alicyclic amines) is 1. The normalized spacial score (nSPS) is 16.7. The summed E-state index contributed by atoms with van der Waals surface area (Å²) in [6.45, 7) is 0.715. The summed E-state index contributed by atoms with van der Waals surface area (Å²) >= 11 is 0. The van der Waals surface area contributed by atoms with Gasteiger partial charge in [-0.3, -0.25) is 14.7 Å². The number of ether oxygens (including phenoxy) is 2. The van der Waals surface area contributed by atoms with Crippen LogP contribution in [-0.2, 0) is 11.4 Å². The molecule has 0 unspecified atom stereocenters. The van der Waals surface area contributed by atoms with Crippen LogP contribution in [0.2, 0.25) is 0 Å². The SMILES string of the molecule is COc1ccccc1OCc1cc(C(=O)N2CCC[C@H]2C(N)=O)n[nH]1. The predicted octanol–water partition coefficient (Wildman–Crippen LogP) is 1.09. The summed E-state index contributed by atoms with van der Waals surface area (Å²) in [5.41, 5.74) is 6.24. The maximum atomic E-state index is 12.5. The minimum absolute atomic E-state index is 0.208. The second kappa shape index (κ2) is 7.25. The molecule has 132 valence electrons. The molecule has 0 spiro atoms. The topological polar surface area (TPSA) is 111 Å². The van der Waals surface area contributed by atoms with E-state index in [1.54, 1.807) is 25.3 Å². The number of aromatic nitrogens is 2. The van der Waals surface area contributed by atoms with Gasteiger partial charge in [0, 0.05) is 6.54 Å². The molecule has 3 rings (SSSR count). The minimum atomic E-state index is -0.558. The zero-order valence-corrected chi connectivity index (χ0v) is 13.9. The zero-order valence-electron chi connectivity index (χ0n) is 13.9. The van der Waals surface area contributed by atoms with Gasteiger partial charge in [-0.05, 0) is 31.0 Å². The molecule has 8 heteroatoms. The number of nitrogens with two attached hydrogens (primary N) is 1. The Labute approximate surface area is 144 Å². The first kappa shape index (κ1) is 16.8. The van der Waals surface area contributed by atoms with Crippen molar-refractivity contribution in [3.8, 4) is 11.5 Å². The van der Waals surface area contributed by atoms with Crippen LogP contribution >= 0.6 is 0 Å². The number of rotatable bonds is 6. The zero-order chi connectivity index (χ0) is 17.8. The van der Waals surface area contributed by atoms with E-state index in [-0.39, 0.29) is 18.2 Å². The Morgan fingerprint density at radius 3 is 2.84 bits per heavy atom. The van der Waals surface area contributed by atoms with Gasteiger partial charge < -0.3 is 20.1 Å². The van der Waals surface area contributed by atoms with Crippen LogP contribution in [0.15, 0.2) is 30.3 Å². The number of carbonyl (C=O) groups excluding carboxylic acids is 2. The van der Waals surface area contributed by atoms with Crippen molar-refractivity contribution in [1.82, 2.24) is 15.1 Å². The van der Waals surface area contributed by atoms with E-state index in [0.29, 0.717) is 30.2 Å². The van der Waals surface area contributed by atoms with Crippen molar-refractivity contribution in [3.63, 3.8) is 0 Å². The average molecular weight is 344 g/mol. The summed E-state index contributed by atoms with van der Waals surface area (Å²) in [6.07, 6.45) is 1.35. The fraction of sp³-hybridized carbons (Fsp3) is 0.353. The first-order valence-corrected chi connectivity index (χ1v) is 8.00. The Morgan fingerprint density at radius 1 is 1.36 bits per heavy atom. The molecule has 8 nitrogen and oxygen atoms in total. The molecule has 25 heavy (non-hydrogen) atoms. The molecule has 0 saturated carbocycles. The number of hydrogen-bond donors (Lipinski definition) is 2. The number of aromatic amines is 1. The molecule has 1 atom stereocenters. The maximum Gasteiger partial charge on any atom is 0.275 e. The molecule has 0 bridgehead atoms. The quantitative estimate of drug-likeness (QED) is 0.815. The smallest absolute Gasteiger partial charge is 0.275 e. The Balaban J connectivity index is 1.66. The Morgan fingerprint density at radius 2 is 2.12 bits per heavy atom. The van der Waals surface area contributed by atoms with Gasteiger partial charge in [0.05, 0.1) is 12.8 Å². The molecule has 2 aromatic rings. The molecule has 2 heterocycles. The van der Waals surface area contributed by atoms with E-state index < -0.39 is 11.9 Å². The van der Waals surface area contributed by atoms with Crippen molar-refractivity contribution in [2.24, 2.45) is 5.73 Å². The van der Waals surface area contributed by atoms with Gasteiger partial charge in [0.25, 0.3) is 5.91 Å². The number of nitrogens with one attached hydrogen (secondary N) is 1. The van der Waals surface area contributed by atoms with Crippen molar-refractivity contribution < 1.29 is 19.1 Å². The standard InChI is InChI=1S/C17H20N4O4/c1-24-14-6-2-3-7-15(14)25-10-11-9-12(20-19-11)17(23)21-8-4-5-13(21)16(18)22/h2-3,6-7,9,13H,4-5,8,10H2,1H3,(H2,18,22)(H,19,20)/t13-/m0/s1. The summed E-state index contributed by atoms with van der Waals surface area (Å²) in [4.78, 5) is 25.4. The summed E-state index contributed by atoms with van der Waals surface area (Å²) < 4.78 is 10.9. The highest BCUT2D eigenvalue weighted by Crippen LogP contribution is 2.26. The van der Waals surface area contributed by atoms with Crippen LogP contribution in [0, 0.1) is 0 Å². The van der Waals surface area contributed by atoms with Gasteiger partial charge in [0.2, 0.25) is 5.91 Å². The molecule has 1 aliphatic heterocycles. The van der Waals surface area contributed by atoms with Crippen LogP contribution in [-0.4, -0.2) is 46.6 Å². The number of H-pyrrole nitrogens is 1. The lowest BCUT2D eigenvalue weighted by Gasteiger charge is -2.20. The van der Waals surface area contributed by atoms with Gasteiger partial charge in [0.15, 0.2) is 17.2 Å².